The minimum absolute atomic E-state index is 0.208. The van der Waals surface area contributed by atoms with Gasteiger partial charge in [-0.1, -0.05) is 39.3 Å². The molecule has 0 saturated carbocycles. The van der Waals surface area contributed by atoms with Crippen molar-refractivity contribution in [3.63, 3.8) is 0 Å². The zero-order valence-corrected chi connectivity index (χ0v) is 11.7. The Bertz CT molecular complexity index is 134. The van der Waals surface area contributed by atoms with E-state index in [9.17, 15) is 8.39 Å². The Morgan fingerprint density at radius 3 is 1.08 bits per heavy atom. The van der Waals surface area contributed by atoms with Gasteiger partial charge in [0.2, 0.25) is 0 Å². The first-order chi connectivity index (χ1) is 5.07. The molecule has 0 aromatic carbocycles. The van der Waals surface area contributed by atoms with E-state index >= 15 is 0 Å². The van der Waals surface area contributed by atoms with Gasteiger partial charge >= 0.3 is 0 Å². The second-order valence-electron chi connectivity index (χ2n) is 5.39. The van der Waals surface area contributed by atoms with Crippen LogP contribution in [-0.2, 0) is 0 Å². The highest BCUT2D eigenvalue weighted by Gasteiger charge is 2.44. The highest BCUT2D eigenvalue weighted by Crippen LogP contribution is 2.51. The molecule has 0 radical (unpaired) electrons. The van der Waals surface area contributed by atoms with Gasteiger partial charge in [-0.15, -0.1) is 0 Å². The Morgan fingerprint density at radius 1 is 0.833 bits per heavy atom. The van der Waals surface area contributed by atoms with Crippen molar-refractivity contribution in [3.8, 4) is 0 Å². The quantitative estimate of drug-likeness (QED) is 0.497. The van der Waals surface area contributed by atoms with Gasteiger partial charge in [-0.2, -0.15) is 8.39 Å². The van der Waals surface area contributed by atoms with Crippen molar-refractivity contribution in [1.82, 2.24) is 0 Å². The standard InChI is InChI=1S/C7H19F2PSi2/c1-11(2,3)7(10(8)9)12(4,5)6/h7H,1-6H3. The van der Waals surface area contributed by atoms with Crippen molar-refractivity contribution >= 4 is 24.7 Å². The Kier molecular flexibility index (Phi) is 4.08. The molecular weight excluding hydrogens is 209 g/mol. The van der Waals surface area contributed by atoms with E-state index in [2.05, 4.69) is 39.3 Å². The zero-order chi connectivity index (χ0) is 10.2. The molecule has 0 bridgehead atoms. The Morgan fingerprint density at radius 2 is 1.08 bits per heavy atom. The summed E-state index contributed by atoms with van der Waals surface area (Å²) in [6.45, 7) is 12.4. The van der Waals surface area contributed by atoms with Gasteiger partial charge in [0, 0.05) is 4.91 Å². The lowest BCUT2D eigenvalue weighted by Crippen LogP contribution is -2.51. The fraction of sp³-hybridized carbons (Fsp3) is 1.00. The molecule has 0 aliphatic heterocycles. The summed E-state index contributed by atoms with van der Waals surface area (Å²) in [5, 5.41) is 0. The summed E-state index contributed by atoms with van der Waals surface area (Å²) in [6, 6.07) is 0. The van der Waals surface area contributed by atoms with E-state index in [4.69, 9.17) is 0 Å². The van der Waals surface area contributed by atoms with Crippen molar-refractivity contribution in [3.05, 3.63) is 0 Å². The van der Waals surface area contributed by atoms with Gasteiger partial charge < -0.3 is 0 Å². The van der Waals surface area contributed by atoms with E-state index in [0.717, 1.165) is 0 Å². The van der Waals surface area contributed by atoms with Gasteiger partial charge in [0.15, 0.2) is 0 Å². The third-order valence-electron chi connectivity index (χ3n) is 1.84. The van der Waals surface area contributed by atoms with Crippen molar-refractivity contribution in [2.24, 2.45) is 0 Å². The van der Waals surface area contributed by atoms with Crippen LogP contribution in [-0.4, -0.2) is 21.1 Å². The molecule has 0 nitrogen and oxygen atoms in total. The van der Waals surface area contributed by atoms with E-state index in [-0.39, 0.29) is 4.91 Å². The molecular formula is C7H19F2PSi2. The van der Waals surface area contributed by atoms with Gasteiger partial charge in [0.25, 0.3) is 8.54 Å². The second kappa shape index (κ2) is 3.85. The molecule has 0 saturated heterocycles. The zero-order valence-electron chi connectivity index (χ0n) is 8.78. The molecule has 0 spiro atoms. The second-order valence-corrected chi connectivity index (χ2v) is 18.6. The molecule has 0 unspecified atom stereocenters. The van der Waals surface area contributed by atoms with Crippen molar-refractivity contribution in [2.75, 3.05) is 0 Å². The maximum atomic E-state index is 12.8. The third kappa shape index (κ3) is 3.63. The highest BCUT2D eigenvalue weighted by molar-refractivity contribution is 7.55. The average molecular weight is 228 g/mol. The minimum atomic E-state index is -2.72. The van der Waals surface area contributed by atoms with E-state index in [0.29, 0.717) is 0 Å². The monoisotopic (exact) mass is 228 g/mol. The summed E-state index contributed by atoms with van der Waals surface area (Å²) in [4.78, 5) is -0.208. The largest absolute Gasteiger partial charge is 0.263 e. The Balaban J connectivity index is 4.70. The summed E-state index contributed by atoms with van der Waals surface area (Å²) in [7, 11) is -6.01. The fourth-order valence-corrected chi connectivity index (χ4v) is 17.0. The first-order valence-corrected chi connectivity index (χ1v) is 12.5. The molecule has 0 aliphatic carbocycles. The Labute approximate surface area is 77.8 Å². The van der Waals surface area contributed by atoms with Crippen molar-refractivity contribution in [2.45, 2.75) is 44.2 Å². The first-order valence-electron chi connectivity index (χ1n) is 4.17. The Hall–Kier alpha value is 0.724. The maximum absolute atomic E-state index is 12.8. The van der Waals surface area contributed by atoms with Crippen molar-refractivity contribution in [1.29, 1.82) is 0 Å². The van der Waals surface area contributed by atoms with Crippen LogP contribution in [0.15, 0.2) is 0 Å². The number of hydrogen-bond donors (Lipinski definition) is 0. The molecule has 0 rings (SSSR count). The van der Waals surface area contributed by atoms with E-state index < -0.39 is 24.7 Å². The molecule has 0 heterocycles. The third-order valence-corrected chi connectivity index (χ3v) is 16.5. The lowest BCUT2D eigenvalue weighted by Gasteiger charge is -2.36. The summed E-state index contributed by atoms with van der Waals surface area (Å²) in [5.74, 6) is 0. The van der Waals surface area contributed by atoms with Crippen LogP contribution in [0.3, 0.4) is 0 Å². The van der Waals surface area contributed by atoms with E-state index in [1.165, 1.54) is 0 Å². The lowest BCUT2D eigenvalue weighted by atomic mass is 11.7. The molecule has 0 N–H and O–H groups in total. The maximum Gasteiger partial charge on any atom is 0.263 e. The number of rotatable bonds is 3. The van der Waals surface area contributed by atoms with Crippen LogP contribution in [0.25, 0.3) is 0 Å². The van der Waals surface area contributed by atoms with Gasteiger partial charge in [0.1, 0.15) is 0 Å². The van der Waals surface area contributed by atoms with Crippen LogP contribution in [0.2, 0.25) is 39.3 Å². The summed E-state index contributed by atoms with van der Waals surface area (Å²) >= 11 is 0. The summed E-state index contributed by atoms with van der Waals surface area (Å²) in [6.07, 6.45) is 0. The van der Waals surface area contributed by atoms with Crippen LogP contribution >= 0.6 is 8.54 Å². The molecule has 0 atom stereocenters. The summed E-state index contributed by atoms with van der Waals surface area (Å²) < 4.78 is 25.7. The van der Waals surface area contributed by atoms with E-state index in [1.807, 2.05) is 0 Å². The average Bonchev–Trinajstić information content (AvgIpc) is 1.49. The SMILES string of the molecule is C[Si](C)(C)C(P(F)F)[Si](C)(C)C. The number of halogens is 2. The molecule has 5 heteroatoms. The van der Waals surface area contributed by atoms with Gasteiger partial charge in [-0.25, -0.2) is 0 Å². The minimum Gasteiger partial charge on any atom is -0.189 e. The molecule has 0 fully saturated rings. The molecule has 74 valence electrons. The smallest absolute Gasteiger partial charge is 0.189 e. The van der Waals surface area contributed by atoms with Crippen LogP contribution in [0.5, 0.6) is 0 Å². The molecule has 0 aromatic rings. The van der Waals surface area contributed by atoms with Crippen LogP contribution in [0.1, 0.15) is 0 Å². The van der Waals surface area contributed by atoms with E-state index in [1.54, 1.807) is 0 Å². The van der Waals surface area contributed by atoms with Gasteiger partial charge in [-0.05, 0) is 0 Å². The fourth-order valence-electron chi connectivity index (χ4n) is 1.88. The molecule has 0 aliphatic rings. The first kappa shape index (κ1) is 12.7. The van der Waals surface area contributed by atoms with Crippen LogP contribution in [0, 0.1) is 0 Å². The van der Waals surface area contributed by atoms with Gasteiger partial charge in [0.05, 0.1) is 16.1 Å². The number of hydrogen-bond acceptors (Lipinski definition) is 0. The molecule has 0 aromatic heterocycles. The normalized spacial score (nSPS) is 14.5. The molecule has 12 heavy (non-hydrogen) atoms. The van der Waals surface area contributed by atoms with Crippen molar-refractivity contribution < 1.29 is 8.39 Å². The summed E-state index contributed by atoms with van der Waals surface area (Å²) in [5.41, 5.74) is 0. The highest BCUT2D eigenvalue weighted by atomic mass is 31.2. The topological polar surface area (TPSA) is 0 Å². The van der Waals surface area contributed by atoms with Crippen LogP contribution in [0.4, 0.5) is 8.39 Å². The van der Waals surface area contributed by atoms with Crippen LogP contribution < -0.4 is 0 Å². The lowest BCUT2D eigenvalue weighted by molar-refractivity contribution is 0.744. The molecule has 0 amide bonds. The predicted octanol–water partition coefficient (Wildman–Crippen LogP) is 4.36. The predicted molar refractivity (Wildman–Crippen MR) is 59.6 cm³/mol. The van der Waals surface area contributed by atoms with Gasteiger partial charge in [-0.3, -0.25) is 0 Å².